The SMILES string of the molecule is CC(=O)N1CCC[C@H](c2ncc3c(n2)CCN(CCOc2cccc(C)c2)C3)C1. The van der Waals surface area contributed by atoms with Crippen LogP contribution in [0.5, 0.6) is 5.75 Å². The number of rotatable bonds is 5. The Morgan fingerprint density at radius 2 is 2.21 bits per heavy atom. The predicted octanol–water partition coefficient (Wildman–Crippen LogP) is 2.95. The fourth-order valence-corrected chi connectivity index (χ4v) is 4.25. The normalized spacial score (nSPS) is 19.7. The van der Waals surface area contributed by atoms with Crippen LogP contribution in [0.1, 0.15) is 48.3 Å². The van der Waals surface area contributed by atoms with E-state index in [9.17, 15) is 4.79 Å². The van der Waals surface area contributed by atoms with E-state index in [4.69, 9.17) is 9.72 Å². The average molecular weight is 395 g/mol. The van der Waals surface area contributed by atoms with E-state index in [-0.39, 0.29) is 11.8 Å². The summed E-state index contributed by atoms with van der Waals surface area (Å²) in [5.41, 5.74) is 3.60. The van der Waals surface area contributed by atoms with Gasteiger partial charge in [-0.1, -0.05) is 12.1 Å². The minimum Gasteiger partial charge on any atom is -0.492 e. The summed E-state index contributed by atoms with van der Waals surface area (Å²) in [6.07, 6.45) is 5.03. The number of likely N-dealkylation sites (tertiary alicyclic amines) is 1. The molecule has 0 radical (unpaired) electrons. The first-order valence-electron chi connectivity index (χ1n) is 10.6. The number of piperidine rings is 1. The van der Waals surface area contributed by atoms with E-state index in [1.807, 2.05) is 23.2 Å². The van der Waals surface area contributed by atoms with Crippen molar-refractivity contribution < 1.29 is 9.53 Å². The van der Waals surface area contributed by atoms with Crippen LogP contribution in [0.4, 0.5) is 0 Å². The van der Waals surface area contributed by atoms with E-state index in [1.165, 1.54) is 16.8 Å². The van der Waals surface area contributed by atoms with E-state index in [0.717, 1.165) is 63.6 Å². The van der Waals surface area contributed by atoms with Crippen LogP contribution >= 0.6 is 0 Å². The second-order valence-corrected chi connectivity index (χ2v) is 8.20. The summed E-state index contributed by atoms with van der Waals surface area (Å²) in [6.45, 7) is 8.77. The molecule has 2 aliphatic rings. The number of benzene rings is 1. The number of hydrogen-bond acceptors (Lipinski definition) is 5. The molecule has 1 aromatic heterocycles. The molecule has 154 valence electrons. The molecule has 2 aromatic rings. The average Bonchev–Trinajstić information content (AvgIpc) is 2.73. The summed E-state index contributed by atoms with van der Waals surface area (Å²) < 4.78 is 5.90. The number of carbonyl (C=O) groups excluding carboxylic acids is 1. The quantitative estimate of drug-likeness (QED) is 0.780. The summed E-state index contributed by atoms with van der Waals surface area (Å²) in [6, 6.07) is 8.18. The van der Waals surface area contributed by atoms with Crippen molar-refractivity contribution >= 4 is 5.91 Å². The monoisotopic (exact) mass is 394 g/mol. The number of ether oxygens (including phenoxy) is 1. The molecule has 1 saturated heterocycles. The molecule has 0 spiro atoms. The summed E-state index contributed by atoms with van der Waals surface area (Å²) >= 11 is 0. The Labute approximate surface area is 172 Å². The number of nitrogens with zero attached hydrogens (tertiary/aromatic N) is 4. The minimum absolute atomic E-state index is 0.149. The number of aryl methyl sites for hydroxylation is 1. The smallest absolute Gasteiger partial charge is 0.219 e. The Hall–Kier alpha value is -2.47. The van der Waals surface area contributed by atoms with Gasteiger partial charge in [0.1, 0.15) is 18.2 Å². The molecule has 6 nitrogen and oxygen atoms in total. The first-order valence-corrected chi connectivity index (χ1v) is 10.6. The molecule has 1 amide bonds. The van der Waals surface area contributed by atoms with Gasteiger partial charge in [0.15, 0.2) is 0 Å². The summed E-state index contributed by atoms with van der Waals surface area (Å²) in [5.74, 6) is 2.25. The van der Waals surface area contributed by atoms with Crippen molar-refractivity contribution in [1.82, 2.24) is 19.8 Å². The van der Waals surface area contributed by atoms with E-state index < -0.39 is 0 Å². The highest BCUT2D eigenvalue weighted by atomic mass is 16.5. The number of carbonyl (C=O) groups is 1. The topological polar surface area (TPSA) is 58.6 Å². The Morgan fingerprint density at radius 3 is 3.03 bits per heavy atom. The van der Waals surface area contributed by atoms with Gasteiger partial charge in [0.2, 0.25) is 5.91 Å². The van der Waals surface area contributed by atoms with Crippen LogP contribution in [0.2, 0.25) is 0 Å². The maximum absolute atomic E-state index is 11.7. The standard InChI is InChI=1S/C23H30N4O2/c1-17-5-3-7-21(13-17)29-12-11-26-10-8-22-20(15-26)14-24-23(25-22)19-6-4-9-27(16-19)18(2)28/h3,5,7,13-14,19H,4,6,8-12,15-16H2,1-2H3/t19-/m0/s1. The zero-order chi connectivity index (χ0) is 20.2. The molecule has 0 N–H and O–H groups in total. The maximum Gasteiger partial charge on any atom is 0.219 e. The van der Waals surface area contributed by atoms with E-state index in [0.29, 0.717) is 6.61 Å². The van der Waals surface area contributed by atoms with Crippen molar-refractivity contribution in [1.29, 1.82) is 0 Å². The van der Waals surface area contributed by atoms with Crippen LogP contribution in [0.3, 0.4) is 0 Å². The second-order valence-electron chi connectivity index (χ2n) is 8.20. The van der Waals surface area contributed by atoms with Crippen LogP contribution < -0.4 is 4.74 Å². The molecule has 29 heavy (non-hydrogen) atoms. The molecule has 1 aromatic carbocycles. The van der Waals surface area contributed by atoms with Gasteiger partial charge in [0, 0.05) is 69.4 Å². The van der Waals surface area contributed by atoms with Crippen molar-refractivity contribution in [2.75, 3.05) is 32.8 Å². The summed E-state index contributed by atoms with van der Waals surface area (Å²) in [7, 11) is 0. The van der Waals surface area contributed by atoms with Gasteiger partial charge < -0.3 is 9.64 Å². The second kappa shape index (κ2) is 8.91. The van der Waals surface area contributed by atoms with Gasteiger partial charge in [-0.05, 0) is 37.5 Å². The molecule has 1 fully saturated rings. The lowest BCUT2D eigenvalue weighted by Gasteiger charge is -2.32. The zero-order valence-corrected chi connectivity index (χ0v) is 17.4. The molecule has 0 unspecified atom stereocenters. The van der Waals surface area contributed by atoms with Crippen LogP contribution in [-0.4, -0.2) is 58.5 Å². The van der Waals surface area contributed by atoms with Gasteiger partial charge in [0.25, 0.3) is 0 Å². The molecule has 0 aliphatic carbocycles. The fourth-order valence-electron chi connectivity index (χ4n) is 4.25. The number of fused-ring (bicyclic) bond motifs is 1. The summed E-state index contributed by atoms with van der Waals surface area (Å²) in [4.78, 5) is 25.6. The van der Waals surface area contributed by atoms with E-state index >= 15 is 0 Å². The molecule has 3 heterocycles. The predicted molar refractivity (Wildman–Crippen MR) is 112 cm³/mol. The van der Waals surface area contributed by atoms with Crippen LogP contribution in [0.25, 0.3) is 0 Å². The van der Waals surface area contributed by atoms with E-state index in [1.54, 1.807) is 6.92 Å². The lowest BCUT2D eigenvalue weighted by molar-refractivity contribution is -0.130. The van der Waals surface area contributed by atoms with Gasteiger partial charge in [-0.3, -0.25) is 9.69 Å². The molecule has 2 aliphatic heterocycles. The highest BCUT2D eigenvalue weighted by Gasteiger charge is 2.26. The van der Waals surface area contributed by atoms with Gasteiger partial charge in [-0.2, -0.15) is 0 Å². The Bertz CT molecular complexity index is 870. The lowest BCUT2D eigenvalue weighted by Crippen LogP contribution is -2.38. The molecule has 1 atom stereocenters. The Balaban J connectivity index is 1.32. The fraction of sp³-hybridized carbons (Fsp3) is 0.522. The third-order valence-corrected chi connectivity index (χ3v) is 5.93. The molecule has 6 heteroatoms. The van der Waals surface area contributed by atoms with Gasteiger partial charge in [0.05, 0.1) is 0 Å². The highest BCUT2D eigenvalue weighted by molar-refractivity contribution is 5.73. The largest absolute Gasteiger partial charge is 0.492 e. The van der Waals surface area contributed by atoms with Crippen molar-refractivity contribution in [3.05, 3.63) is 53.1 Å². The number of amides is 1. The molecule has 4 rings (SSSR count). The first kappa shape index (κ1) is 19.8. The number of hydrogen-bond donors (Lipinski definition) is 0. The molecule has 0 saturated carbocycles. The lowest BCUT2D eigenvalue weighted by atomic mass is 9.96. The molecular weight excluding hydrogens is 364 g/mol. The van der Waals surface area contributed by atoms with Gasteiger partial charge in [-0.25, -0.2) is 9.97 Å². The van der Waals surface area contributed by atoms with Crippen molar-refractivity contribution in [2.24, 2.45) is 0 Å². The van der Waals surface area contributed by atoms with Gasteiger partial charge >= 0.3 is 0 Å². The first-order chi connectivity index (χ1) is 14.1. The maximum atomic E-state index is 11.7. The van der Waals surface area contributed by atoms with Crippen molar-refractivity contribution in [3.63, 3.8) is 0 Å². The third kappa shape index (κ3) is 4.93. The third-order valence-electron chi connectivity index (χ3n) is 5.93. The molecular formula is C23H30N4O2. The number of aromatic nitrogens is 2. The van der Waals surface area contributed by atoms with Crippen LogP contribution in [-0.2, 0) is 17.8 Å². The van der Waals surface area contributed by atoms with E-state index in [2.05, 4.69) is 28.9 Å². The van der Waals surface area contributed by atoms with Crippen LogP contribution in [0.15, 0.2) is 30.5 Å². The minimum atomic E-state index is 0.149. The Morgan fingerprint density at radius 1 is 1.31 bits per heavy atom. The highest BCUT2D eigenvalue weighted by Crippen LogP contribution is 2.26. The van der Waals surface area contributed by atoms with Crippen molar-refractivity contribution in [3.8, 4) is 5.75 Å². The van der Waals surface area contributed by atoms with Crippen molar-refractivity contribution in [2.45, 2.75) is 45.6 Å². The van der Waals surface area contributed by atoms with Crippen LogP contribution in [0, 0.1) is 6.92 Å². The van der Waals surface area contributed by atoms with Gasteiger partial charge in [-0.15, -0.1) is 0 Å². The Kier molecular flexibility index (Phi) is 6.09. The summed E-state index contributed by atoms with van der Waals surface area (Å²) in [5, 5.41) is 0. The zero-order valence-electron chi connectivity index (χ0n) is 17.4. The molecule has 0 bridgehead atoms.